The Morgan fingerprint density at radius 3 is 0.919 bits per heavy atom. The second-order valence-corrected chi connectivity index (χ2v) is 23.5. The third-order valence-electron chi connectivity index (χ3n) is 16.1. The van der Waals surface area contributed by atoms with Gasteiger partial charge in [-0.3, -0.25) is 9.59 Å². The highest BCUT2D eigenvalue weighted by molar-refractivity contribution is 5.76. The lowest BCUT2D eigenvalue weighted by molar-refractivity contribution is -0.143. The van der Waals surface area contributed by atoms with Crippen molar-refractivity contribution in [2.45, 2.75) is 398 Å². The van der Waals surface area contributed by atoms with Crippen molar-refractivity contribution in [3.8, 4) is 0 Å². The lowest BCUT2D eigenvalue weighted by Gasteiger charge is -2.20. The predicted octanol–water partition coefficient (Wildman–Crippen LogP) is 21.6. The molecule has 0 aromatic carbocycles. The number of aliphatic hydroxyl groups excluding tert-OH is 2. The number of ether oxygens (including phenoxy) is 1. The van der Waals surface area contributed by atoms with Gasteiger partial charge in [0.25, 0.3) is 0 Å². The van der Waals surface area contributed by atoms with Crippen molar-refractivity contribution in [3.05, 3.63) is 12.2 Å². The number of carbonyl (C=O) groups is 2. The molecule has 0 aromatic rings. The Hall–Kier alpha value is -1.40. The maximum atomic E-state index is 12.5. The van der Waals surface area contributed by atoms with E-state index in [4.69, 9.17) is 4.74 Å². The average Bonchev–Trinajstić information content (AvgIpc) is 3.40. The van der Waals surface area contributed by atoms with Crippen LogP contribution in [0, 0.1) is 0 Å². The van der Waals surface area contributed by atoms with Crippen molar-refractivity contribution in [1.82, 2.24) is 5.32 Å². The molecular formula is C68H133NO5. The molecule has 0 saturated heterocycles. The molecule has 0 aromatic heterocycles. The minimum Gasteiger partial charge on any atom is -0.466 e. The fourth-order valence-electron chi connectivity index (χ4n) is 10.9. The zero-order valence-corrected chi connectivity index (χ0v) is 50.4. The molecule has 3 N–H and O–H groups in total. The van der Waals surface area contributed by atoms with Gasteiger partial charge in [0.05, 0.1) is 25.4 Å². The number of carbonyl (C=O) groups excluding carboxylic acids is 2. The van der Waals surface area contributed by atoms with Gasteiger partial charge in [-0.2, -0.15) is 0 Å². The topological polar surface area (TPSA) is 95.9 Å². The Labute approximate surface area is 463 Å². The Morgan fingerprint density at radius 1 is 0.365 bits per heavy atom. The Balaban J connectivity index is 3.34. The van der Waals surface area contributed by atoms with Gasteiger partial charge in [0.1, 0.15) is 0 Å². The maximum absolute atomic E-state index is 12.5. The molecule has 0 radical (unpaired) electrons. The molecule has 6 nitrogen and oxygen atoms in total. The van der Waals surface area contributed by atoms with Gasteiger partial charge >= 0.3 is 5.97 Å². The molecule has 2 unspecified atom stereocenters. The number of unbranched alkanes of at least 4 members (excludes halogenated alkanes) is 53. The van der Waals surface area contributed by atoms with Gasteiger partial charge in [-0.15, -0.1) is 0 Å². The third kappa shape index (κ3) is 59.8. The molecule has 0 aliphatic heterocycles. The first-order valence-corrected chi connectivity index (χ1v) is 34.0. The van der Waals surface area contributed by atoms with E-state index in [0.717, 1.165) is 38.5 Å². The summed E-state index contributed by atoms with van der Waals surface area (Å²) in [5.74, 6) is -0.0408. The average molecular weight is 1040 g/mol. The zero-order chi connectivity index (χ0) is 53.6. The van der Waals surface area contributed by atoms with Gasteiger partial charge < -0.3 is 20.3 Å². The van der Waals surface area contributed by atoms with Gasteiger partial charge in [0.15, 0.2) is 0 Å². The van der Waals surface area contributed by atoms with Crippen LogP contribution < -0.4 is 5.32 Å². The van der Waals surface area contributed by atoms with Crippen LogP contribution in [-0.2, 0) is 14.3 Å². The fourth-order valence-corrected chi connectivity index (χ4v) is 10.9. The van der Waals surface area contributed by atoms with Crippen molar-refractivity contribution in [2.75, 3.05) is 13.2 Å². The number of aliphatic hydroxyl groups is 2. The highest BCUT2D eigenvalue weighted by Gasteiger charge is 2.18. The van der Waals surface area contributed by atoms with Crippen LogP contribution >= 0.6 is 0 Å². The first-order chi connectivity index (χ1) is 36.5. The van der Waals surface area contributed by atoms with Crippen LogP contribution in [0.15, 0.2) is 12.2 Å². The summed E-state index contributed by atoms with van der Waals surface area (Å²) in [6, 6.07) is -0.624. The molecule has 74 heavy (non-hydrogen) atoms. The third-order valence-corrected chi connectivity index (χ3v) is 16.1. The van der Waals surface area contributed by atoms with Gasteiger partial charge in [-0.1, -0.05) is 353 Å². The fraction of sp³-hybridized carbons (Fsp3) is 0.941. The molecule has 0 bridgehead atoms. The molecule has 6 heteroatoms. The summed E-state index contributed by atoms with van der Waals surface area (Å²) in [7, 11) is 0. The quantitative estimate of drug-likeness (QED) is 0.0320. The lowest BCUT2D eigenvalue weighted by atomic mass is 10.0. The molecule has 2 atom stereocenters. The van der Waals surface area contributed by atoms with E-state index in [9.17, 15) is 19.8 Å². The summed E-state index contributed by atoms with van der Waals surface area (Å²) in [5.41, 5.74) is 0. The number of nitrogens with one attached hydrogen (secondary N) is 1. The summed E-state index contributed by atoms with van der Waals surface area (Å²) in [4.78, 5) is 24.5. The van der Waals surface area contributed by atoms with E-state index >= 15 is 0 Å². The van der Waals surface area contributed by atoms with Crippen LogP contribution in [0.3, 0.4) is 0 Å². The second-order valence-electron chi connectivity index (χ2n) is 23.5. The molecule has 0 heterocycles. The van der Waals surface area contributed by atoms with Gasteiger partial charge in [-0.25, -0.2) is 0 Å². The number of rotatable bonds is 64. The molecule has 0 saturated carbocycles. The molecule has 0 rings (SSSR count). The molecule has 1 amide bonds. The normalized spacial score (nSPS) is 12.5. The highest BCUT2D eigenvalue weighted by Crippen LogP contribution is 2.19. The maximum Gasteiger partial charge on any atom is 0.305 e. The monoisotopic (exact) mass is 1040 g/mol. The van der Waals surface area contributed by atoms with Crippen molar-refractivity contribution in [3.63, 3.8) is 0 Å². The largest absolute Gasteiger partial charge is 0.466 e. The minimum absolute atomic E-state index is 0.0202. The molecule has 0 aliphatic carbocycles. The summed E-state index contributed by atoms with van der Waals surface area (Å²) in [5, 5.41) is 23.2. The van der Waals surface area contributed by atoms with Crippen molar-refractivity contribution in [2.24, 2.45) is 0 Å². The number of esters is 1. The zero-order valence-electron chi connectivity index (χ0n) is 50.4. The first-order valence-electron chi connectivity index (χ1n) is 34.0. The van der Waals surface area contributed by atoms with Crippen molar-refractivity contribution < 1.29 is 24.5 Å². The Kier molecular flexibility index (Phi) is 62.9. The Bertz CT molecular complexity index is 1110. The molecule has 440 valence electrons. The Morgan fingerprint density at radius 2 is 0.622 bits per heavy atom. The van der Waals surface area contributed by atoms with E-state index in [1.165, 1.54) is 321 Å². The highest BCUT2D eigenvalue weighted by atomic mass is 16.5. The smallest absolute Gasteiger partial charge is 0.305 e. The number of hydrogen-bond acceptors (Lipinski definition) is 5. The van der Waals surface area contributed by atoms with E-state index in [1.54, 1.807) is 6.08 Å². The van der Waals surface area contributed by atoms with E-state index in [-0.39, 0.29) is 18.5 Å². The summed E-state index contributed by atoms with van der Waals surface area (Å²) < 4.78 is 5.48. The summed E-state index contributed by atoms with van der Waals surface area (Å²) in [6.45, 7) is 4.94. The van der Waals surface area contributed by atoms with Crippen LogP contribution in [0.4, 0.5) is 0 Å². The van der Waals surface area contributed by atoms with Crippen molar-refractivity contribution in [1.29, 1.82) is 0 Å². The second kappa shape index (κ2) is 64.1. The summed E-state index contributed by atoms with van der Waals surface area (Å²) in [6.07, 6.45) is 78.6. The van der Waals surface area contributed by atoms with Crippen LogP contribution in [0.1, 0.15) is 386 Å². The van der Waals surface area contributed by atoms with Crippen LogP contribution in [0.2, 0.25) is 0 Å². The van der Waals surface area contributed by atoms with Crippen molar-refractivity contribution >= 4 is 11.9 Å². The van der Waals surface area contributed by atoms with Crippen LogP contribution in [0.25, 0.3) is 0 Å². The van der Waals surface area contributed by atoms with E-state index in [1.807, 2.05) is 6.08 Å². The number of hydrogen-bond donors (Lipinski definition) is 3. The van der Waals surface area contributed by atoms with E-state index < -0.39 is 12.1 Å². The molecule has 0 spiro atoms. The van der Waals surface area contributed by atoms with Gasteiger partial charge in [0.2, 0.25) is 5.91 Å². The van der Waals surface area contributed by atoms with Gasteiger partial charge in [-0.05, 0) is 32.1 Å². The molecular weight excluding hydrogens is 911 g/mol. The standard InChI is InChI=1S/C68H133NO5/c1-3-5-7-9-11-13-15-16-17-34-37-41-44-48-52-56-60-66(71)65(64-70)69-67(72)61-57-53-49-45-42-38-35-32-30-28-26-24-22-20-18-19-21-23-25-27-29-31-33-36-39-43-47-51-55-59-63-74-68(73)62-58-54-50-46-40-14-12-10-8-6-4-2/h56,60,65-66,70-71H,3-55,57-59,61-64H2,1-2H3,(H,69,72)/b60-56+. The van der Waals surface area contributed by atoms with Crippen LogP contribution in [-0.4, -0.2) is 47.4 Å². The molecule has 0 fully saturated rings. The number of allylic oxidation sites excluding steroid dienone is 1. The summed E-state index contributed by atoms with van der Waals surface area (Å²) >= 11 is 0. The van der Waals surface area contributed by atoms with E-state index in [2.05, 4.69) is 19.2 Å². The molecule has 0 aliphatic rings. The predicted molar refractivity (Wildman–Crippen MR) is 324 cm³/mol. The number of amides is 1. The van der Waals surface area contributed by atoms with Crippen LogP contribution in [0.5, 0.6) is 0 Å². The SMILES string of the molecule is CCCCCCCCCCCCCCCC/C=C/C(O)C(CO)NC(=O)CCCCCCCCCCCCCCCCCCCCCCCCCCCCCCCCOC(=O)CCCCCCCCCCCCC. The lowest BCUT2D eigenvalue weighted by Crippen LogP contribution is -2.45. The minimum atomic E-state index is -0.841. The van der Waals surface area contributed by atoms with E-state index in [0.29, 0.717) is 19.4 Å². The van der Waals surface area contributed by atoms with Gasteiger partial charge in [0, 0.05) is 12.8 Å². The first kappa shape index (κ1) is 72.6.